The molecule has 7 N–H and O–H groups in total. The number of rotatable bonds is 7. The van der Waals surface area contributed by atoms with E-state index in [0.29, 0.717) is 0 Å². The predicted octanol–water partition coefficient (Wildman–Crippen LogP) is 2.44. The van der Waals surface area contributed by atoms with Crippen LogP contribution in [0.4, 0.5) is 33.5 Å². The maximum Gasteiger partial charge on any atom is 0.417 e. The number of benzene rings is 1. The van der Waals surface area contributed by atoms with Crippen LogP contribution in [-0.4, -0.2) is 66.0 Å². The fourth-order valence-corrected chi connectivity index (χ4v) is 3.98. The summed E-state index contributed by atoms with van der Waals surface area (Å²) in [5.41, 5.74) is 8.18. The standard InChI is InChI=1S/C14H15F5O2.C11H15N5O4/c1-7-9(6-21-13(7,2)14(17,18)19)8-4-5-10(15)11(16)12(8)20-3;1-5(17)14-6-2-7(10(13)19)15-9(3-6)16-11(20)8(18)4-12/h4-5,7,9H,6H2,1-3H3;2-3,8,18H,4,12H2,1H3,(H2,13,19)(H2,14,15,16,17,20)/t7?,9?,13-;/m1./s1. The van der Waals surface area contributed by atoms with Crippen LogP contribution >= 0.6 is 0 Å². The van der Waals surface area contributed by atoms with Crippen LogP contribution in [0, 0.1) is 17.6 Å². The second-order valence-electron chi connectivity index (χ2n) is 9.21. The molecule has 2 aromatic rings. The summed E-state index contributed by atoms with van der Waals surface area (Å²) in [5.74, 6) is -6.40. The number of amides is 3. The minimum atomic E-state index is -4.55. The highest BCUT2D eigenvalue weighted by Crippen LogP contribution is 2.51. The number of nitrogens with one attached hydrogen (secondary N) is 2. The first kappa shape index (κ1) is 33.3. The quantitative estimate of drug-likeness (QED) is 0.305. The summed E-state index contributed by atoms with van der Waals surface area (Å²) >= 11 is 0. The monoisotopic (exact) mass is 591 g/mol. The lowest BCUT2D eigenvalue weighted by molar-refractivity contribution is -0.266. The molecule has 4 atom stereocenters. The van der Waals surface area contributed by atoms with E-state index >= 15 is 0 Å². The zero-order valence-corrected chi connectivity index (χ0v) is 22.4. The summed E-state index contributed by atoms with van der Waals surface area (Å²) < 4.78 is 76.0. The number of pyridine rings is 1. The Morgan fingerprint density at radius 3 is 2.37 bits per heavy atom. The van der Waals surface area contributed by atoms with E-state index < -0.39 is 53.2 Å². The number of carbonyl (C=O) groups excluding carboxylic acids is 3. The Bertz CT molecular complexity index is 1290. The van der Waals surface area contributed by atoms with Gasteiger partial charge < -0.3 is 36.7 Å². The van der Waals surface area contributed by atoms with Crippen LogP contribution < -0.4 is 26.8 Å². The van der Waals surface area contributed by atoms with Crippen LogP contribution in [0.3, 0.4) is 0 Å². The molecule has 0 aliphatic carbocycles. The lowest BCUT2D eigenvalue weighted by Gasteiger charge is -2.32. The fourth-order valence-electron chi connectivity index (χ4n) is 3.98. The predicted molar refractivity (Wildman–Crippen MR) is 136 cm³/mol. The second kappa shape index (κ2) is 13.2. The Hall–Kier alpha value is -3.89. The highest BCUT2D eigenvalue weighted by Gasteiger charge is 2.61. The van der Waals surface area contributed by atoms with Gasteiger partial charge >= 0.3 is 6.18 Å². The van der Waals surface area contributed by atoms with Gasteiger partial charge in [-0.25, -0.2) is 9.37 Å². The summed E-state index contributed by atoms with van der Waals surface area (Å²) in [7, 11) is 1.14. The molecule has 16 heteroatoms. The van der Waals surface area contributed by atoms with Gasteiger partial charge in [0, 0.05) is 42.6 Å². The van der Waals surface area contributed by atoms with E-state index in [4.69, 9.17) is 20.9 Å². The van der Waals surface area contributed by atoms with Crippen molar-refractivity contribution in [2.45, 2.75) is 44.6 Å². The van der Waals surface area contributed by atoms with Gasteiger partial charge in [0.25, 0.3) is 11.8 Å². The number of hydrogen-bond donors (Lipinski definition) is 5. The number of aliphatic hydroxyl groups excluding tert-OH is 1. The molecule has 3 unspecified atom stereocenters. The Morgan fingerprint density at radius 2 is 1.88 bits per heavy atom. The molecule has 0 bridgehead atoms. The number of halogens is 5. The van der Waals surface area contributed by atoms with E-state index in [-0.39, 0.29) is 47.6 Å². The van der Waals surface area contributed by atoms with Gasteiger partial charge in [-0.2, -0.15) is 17.6 Å². The van der Waals surface area contributed by atoms with Crippen molar-refractivity contribution in [3.8, 4) is 5.75 Å². The van der Waals surface area contributed by atoms with Gasteiger partial charge in [-0.3, -0.25) is 14.4 Å². The molecule has 11 nitrogen and oxygen atoms in total. The Labute approximate surface area is 231 Å². The minimum Gasteiger partial charge on any atom is -0.493 e. The number of methoxy groups -OCH3 is 1. The molecule has 2 heterocycles. The number of carbonyl (C=O) groups is 3. The number of nitrogens with zero attached hydrogens (tertiary/aromatic N) is 1. The van der Waals surface area contributed by atoms with Gasteiger partial charge in [-0.1, -0.05) is 13.0 Å². The zero-order chi connectivity index (χ0) is 31.3. The van der Waals surface area contributed by atoms with Crippen molar-refractivity contribution in [1.29, 1.82) is 0 Å². The number of ether oxygens (including phenoxy) is 2. The number of aromatic nitrogens is 1. The van der Waals surface area contributed by atoms with Crippen LogP contribution in [-0.2, 0) is 14.3 Å². The topological polar surface area (TPSA) is 179 Å². The van der Waals surface area contributed by atoms with Crippen LogP contribution in [0.1, 0.15) is 42.7 Å². The van der Waals surface area contributed by atoms with Gasteiger partial charge in [-0.05, 0) is 19.1 Å². The number of nitrogens with two attached hydrogens (primary N) is 2. The van der Waals surface area contributed by atoms with E-state index in [1.807, 2.05) is 0 Å². The van der Waals surface area contributed by atoms with Crippen LogP contribution in [0.5, 0.6) is 5.75 Å². The molecule has 3 rings (SSSR count). The van der Waals surface area contributed by atoms with Gasteiger partial charge in [0.15, 0.2) is 17.2 Å². The zero-order valence-electron chi connectivity index (χ0n) is 22.4. The minimum absolute atomic E-state index is 0.0393. The molecule has 226 valence electrons. The first-order chi connectivity index (χ1) is 19.0. The number of aliphatic hydroxyl groups is 1. The lowest BCUT2D eigenvalue weighted by Crippen LogP contribution is -2.46. The van der Waals surface area contributed by atoms with Crippen molar-refractivity contribution in [1.82, 2.24) is 4.98 Å². The number of anilines is 2. The molecule has 1 saturated heterocycles. The summed E-state index contributed by atoms with van der Waals surface area (Å²) in [4.78, 5) is 37.4. The average molecular weight is 592 g/mol. The van der Waals surface area contributed by atoms with Crippen LogP contribution in [0.2, 0.25) is 0 Å². The van der Waals surface area contributed by atoms with Crippen molar-refractivity contribution in [2.24, 2.45) is 17.4 Å². The van der Waals surface area contributed by atoms with Crippen molar-refractivity contribution in [3.63, 3.8) is 0 Å². The third-order valence-corrected chi connectivity index (χ3v) is 6.46. The normalized spacial score (nSPS) is 20.9. The van der Waals surface area contributed by atoms with E-state index in [1.165, 1.54) is 32.0 Å². The number of hydrogen-bond acceptors (Lipinski definition) is 8. The van der Waals surface area contributed by atoms with E-state index in [2.05, 4.69) is 15.6 Å². The van der Waals surface area contributed by atoms with E-state index in [9.17, 15) is 41.4 Å². The van der Waals surface area contributed by atoms with Crippen LogP contribution in [0.15, 0.2) is 24.3 Å². The van der Waals surface area contributed by atoms with E-state index in [1.54, 1.807) is 0 Å². The first-order valence-electron chi connectivity index (χ1n) is 12.0. The summed E-state index contributed by atoms with van der Waals surface area (Å²) in [5, 5.41) is 13.9. The molecule has 1 fully saturated rings. The smallest absolute Gasteiger partial charge is 0.417 e. The number of alkyl halides is 3. The third kappa shape index (κ3) is 7.65. The summed E-state index contributed by atoms with van der Waals surface area (Å²) in [6, 6.07) is 4.70. The molecule has 1 aromatic carbocycles. The lowest BCUT2D eigenvalue weighted by atomic mass is 9.79. The Balaban J connectivity index is 0.000000287. The molecule has 1 aliphatic rings. The van der Waals surface area contributed by atoms with Crippen molar-refractivity contribution in [3.05, 3.63) is 47.2 Å². The van der Waals surface area contributed by atoms with Crippen molar-refractivity contribution >= 4 is 29.2 Å². The Kier molecular flexibility index (Phi) is 10.7. The van der Waals surface area contributed by atoms with Crippen molar-refractivity contribution in [2.75, 3.05) is 30.9 Å². The first-order valence-corrected chi connectivity index (χ1v) is 12.0. The van der Waals surface area contributed by atoms with E-state index in [0.717, 1.165) is 20.1 Å². The maximum atomic E-state index is 13.7. The molecular weight excluding hydrogens is 561 g/mol. The molecular formula is C25H30F5N5O6. The second-order valence-corrected chi connectivity index (χ2v) is 9.21. The highest BCUT2D eigenvalue weighted by molar-refractivity contribution is 5.98. The van der Waals surface area contributed by atoms with Gasteiger partial charge in [-0.15, -0.1) is 0 Å². The largest absolute Gasteiger partial charge is 0.493 e. The molecule has 0 radical (unpaired) electrons. The molecule has 0 spiro atoms. The summed E-state index contributed by atoms with van der Waals surface area (Å²) in [6.07, 6.45) is -5.95. The molecule has 41 heavy (non-hydrogen) atoms. The van der Waals surface area contributed by atoms with Gasteiger partial charge in [0.2, 0.25) is 11.7 Å². The molecule has 1 aromatic heterocycles. The van der Waals surface area contributed by atoms with Gasteiger partial charge in [0.1, 0.15) is 17.6 Å². The molecule has 3 amide bonds. The van der Waals surface area contributed by atoms with Crippen LogP contribution in [0.25, 0.3) is 0 Å². The third-order valence-electron chi connectivity index (χ3n) is 6.46. The Morgan fingerprint density at radius 1 is 1.24 bits per heavy atom. The van der Waals surface area contributed by atoms with Gasteiger partial charge in [0.05, 0.1) is 13.7 Å². The summed E-state index contributed by atoms with van der Waals surface area (Å²) in [6.45, 7) is 3.12. The highest BCUT2D eigenvalue weighted by atomic mass is 19.4. The fraction of sp³-hybridized carbons (Fsp3) is 0.440. The number of primary amides is 1. The average Bonchev–Trinajstić information content (AvgIpc) is 3.20. The SMILES string of the molecule is CC(=O)Nc1cc(NC(=O)C(O)CN)nc(C(N)=O)c1.COc1c(C2CO[C@@](C)(C(F)(F)F)C2C)ccc(F)c1F. The molecule has 0 saturated carbocycles. The molecule has 1 aliphatic heterocycles. The van der Waals surface area contributed by atoms with Crippen molar-refractivity contribution < 1.29 is 50.9 Å². The maximum absolute atomic E-state index is 13.7.